The standard InChI is InChI=1S/C23H25N3O4/c1-17(24-23(29)25-20-10-6-3-7-11-20)22(28)30-16-21(27)26-14-12-19(13-15-26)18-8-4-2-5-9-18/h2-12,17H,13-16H2,1H3,(H2,24,25,29)/t17-/m0/s1. The van der Waals surface area contributed by atoms with Crippen LogP contribution in [-0.4, -0.2) is 48.5 Å². The summed E-state index contributed by atoms with van der Waals surface area (Å²) in [5.41, 5.74) is 2.97. The van der Waals surface area contributed by atoms with Crippen molar-refractivity contribution in [1.82, 2.24) is 10.2 Å². The van der Waals surface area contributed by atoms with Gasteiger partial charge >= 0.3 is 12.0 Å². The number of ether oxygens (including phenoxy) is 1. The lowest BCUT2D eigenvalue weighted by Crippen LogP contribution is -2.43. The van der Waals surface area contributed by atoms with E-state index in [2.05, 4.69) is 10.6 Å². The first-order valence-electron chi connectivity index (χ1n) is 9.84. The van der Waals surface area contributed by atoms with Crippen molar-refractivity contribution in [1.29, 1.82) is 0 Å². The molecule has 0 saturated heterocycles. The molecule has 2 aromatic carbocycles. The smallest absolute Gasteiger partial charge is 0.328 e. The molecule has 2 aromatic rings. The van der Waals surface area contributed by atoms with Gasteiger partial charge in [0.25, 0.3) is 5.91 Å². The van der Waals surface area contributed by atoms with Crippen LogP contribution in [-0.2, 0) is 14.3 Å². The van der Waals surface area contributed by atoms with Crippen LogP contribution in [0.15, 0.2) is 66.7 Å². The van der Waals surface area contributed by atoms with Gasteiger partial charge in [0.2, 0.25) is 0 Å². The fourth-order valence-corrected chi connectivity index (χ4v) is 3.10. The molecule has 3 rings (SSSR count). The van der Waals surface area contributed by atoms with Gasteiger partial charge in [0.15, 0.2) is 6.61 Å². The molecule has 3 amide bonds. The SMILES string of the molecule is C[C@H](NC(=O)Nc1ccccc1)C(=O)OCC(=O)N1CC=C(c2ccccc2)CC1. The number of hydrogen-bond donors (Lipinski definition) is 2. The van der Waals surface area contributed by atoms with Gasteiger partial charge in [-0.1, -0.05) is 54.6 Å². The Labute approximate surface area is 175 Å². The van der Waals surface area contributed by atoms with Crippen molar-refractivity contribution < 1.29 is 19.1 Å². The maximum absolute atomic E-state index is 12.4. The van der Waals surface area contributed by atoms with Gasteiger partial charge in [-0.15, -0.1) is 0 Å². The summed E-state index contributed by atoms with van der Waals surface area (Å²) in [7, 11) is 0. The number of para-hydroxylation sites is 1. The molecule has 0 fully saturated rings. The van der Waals surface area contributed by atoms with Crippen molar-refractivity contribution in [3.05, 3.63) is 72.3 Å². The highest BCUT2D eigenvalue weighted by molar-refractivity contribution is 5.92. The Morgan fingerprint density at radius 3 is 2.33 bits per heavy atom. The van der Waals surface area contributed by atoms with Crippen molar-refractivity contribution in [2.75, 3.05) is 25.0 Å². The summed E-state index contributed by atoms with van der Waals surface area (Å²) in [6.45, 7) is 2.21. The summed E-state index contributed by atoms with van der Waals surface area (Å²) in [5.74, 6) is -0.920. The zero-order valence-electron chi connectivity index (χ0n) is 16.8. The first kappa shape index (κ1) is 21.1. The van der Waals surface area contributed by atoms with E-state index in [0.717, 1.165) is 12.0 Å². The molecule has 0 unspecified atom stereocenters. The monoisotopic (exact) mass is 407 g/mol. The van der Waals surface area contributed by atoms with Gasteiger partial charge in [0.1, 0.15) is 6.04 Å². The van der Waals surface area contributed by atoms with Crippen molar-refractivity contribution in [2.45, 2.75) is 19.4 Å². The number of anilines is 1. The first-order valence-corrected chi connectivity index (χ1v) is 9.84. The maximum atomic E-state index is 12.4. The molecule has 1 aliphatic rings. The van der Waals surface area contributed by atoms with Gasteiger partial charge in [-0.05, 0) is 36.6 Å². The second-order valence-corrected chi connectivity index (χ2v) is 6.98. The molecule has 0 aliphatic carbocycles. The van der Waals surface area contributed by atoms with Crippen molar-refractivity contribution in [3.8, 4) is 0 Å². The Kier molecular flexibility index (Phi) is 7.21. The summed E-state index contributed by atoms with van der Waals surface area (Å²) in [4.78, 5) is 38.1. The number of amides is 3. The van der Waals surface area contributed by atoms with Crippen LogP contribution in [0.2, 0.25) is 0 Å². The van der Waals surface area contributed by atoms with Crippen molar-refractivity contribution in [3.63, 3.8) is 0 Å². The van der Waals surface area contributed by atoms with Gasteiger partial charge in [0, 0.05) is 18.8 Å². The molecule has 1 aliphatic heterocycles. The lowest BCUT2D eigenvalue weighted by Gasteiger charge is -2.26. The topological polar surface area (TPSA) is 87.7 Å². The van der Waals surface area contributed by atoms with E-state index in [9.17, 15) is 14.4 Å². The maximum Gasteiger partial charge on any atom is 0.328 e. The van der Waals surface area contributed by atoms with Gasteiger partial charge < -0.3 is 20.3 Å². The summed E-state index contributed by atoms with van der Waals surface area (Å²) >= 11 is 0. The van der Waals surface area contributed by atoms with Crippen LogP contribution < -0.4 is 10.6 Å². The van der Waals surface area contributed by atoms with Gasteiger partial charge in [-0.25, -0.2) is 9.59 Å². The summed E-state index contributed by atoms with van der Waals surface area (Å²) in [6, 6.07) is 17.5. The third kappa shape index (κ3) is 5.94. The Morgan fingerprint density at radius 2 is 1.70 bits per heavy atom. The van der Waals surface area contributed by atoms with Crippen LogP contribution >= 0.6 is 0 Å². The molecule has 7 nitrogen and oxygen atoms in total. The third-order valence-electron chi connectivity index (χ3n) is 4.78. The largest absolute Gasteiger partial charge is 0.454 e. The van der Waals surface area contributed by atoms with Crippen LogP contribution in [0.4, 0.5) is 10.5 Å². The summed E-state index contributed by atoms with van der Waals surface area (Å²) < 4.78 is 5.09. The highest BCUT2D eigenvalue weighted by atomic mass is 16.5. The Hall–Kier alpha value is -3.61. The Morgan fingerprint density at radius 1 is 1.03 bits per heavy atom. The van der Waals surface area contributed by atoms with E-state index in [1.54, 1.807) is 29.2 Å². The van der Waals surface area contributed by atoms with Gasteiger partial charge in [0.05, 0.1) is 0 Å². The highest BCUT2D eigenvalue weighted by Gasteiger charge is 2.22. The molecule has 7 heteroatoms. The van der Waals surface area contributed by atoms with E-state index < -0.39 is 18.0 Å². The number of rotatable bonds is 6. The Balaban J connectivity index is 1.41. The number of esters is 1. The number of carbonyl (C=O) groups is 3. The molecule has 0 radical (unpaired) electrons. The molecule has 2 N–H and O–H groups in total. The average Bonchev–Trinajstić information content (AvgIpc) is 2.78. The van der Waals surface area contributed by atoms with E-state index in [-0.39, 0.29) is 12.5 Å². The lowest BCUT2D eigenvalue weighted by molar-refractivity contribution is -0.153. The highest BCUT2D eigenvalue weighted by Crippen LogP contribution is 2.21. The average molecular weight is 407 g/mol. The molecule has 1 heterocycles. The predicted molar refractivity (Wildman–Crippen MR) is 115 cm³/mol. The zero-order valence-corrected chi connectivity index (χ0v) is 16.8. The minimum atomic E-state index is -0.882. The quantitative estimate of drug-likeness (QED) is 0.721. The molecular weight excluding hydrogens is 382 g/mol. The number of benzene rings is 2. The number of urea groups is 1. The fraction of sp³-hybridized carbons (Fsp3) is 0.261. The van der Waals surface area contributed by atoms with Crippen LogP contribution in [0.3, 0.4) is 0 Å². The van der Waals surface area contributed by atoms with Crippen LogP contribution in [0, 0.1) is 0 Å². The normalized spacial score (nSPS) is 14.3. The van der Waals surface area contributed by atoms with Gasteiger partial charge in [-0.3, -0.25) is 4.79 Å². The summed E-state index contributed by atoms with van der Waals surface area (Å²) in [6.07, 6.45) is 2.78. The van der Waals surface area contributed by atoms with Gasteiger partial charge in [-0.2, -0.15) is 0 Å². The Bertz CT molecular complexity index is 913. The third-order valence-corrected chi connectivity index (χ3v) is 4.78. The second kappa shape index (κ2) is 10.2. The van der Waals surface area contributed by atoms with Crippen LogP contribution in [0.5, 0.6) is 0 Å². The van der Waals surface area contributed by atoms with E-state index in [0.29, 0.717) is 18.8 Å². The molecule has 30 heavy (non-hydrogen) atoms. The number of carbonyl (C=O) groups excluding carboxylic acids is 3. The van der Waals surface area contributed by atoms with Crippen molar-refractivity contribution >= 4 is 29.2 Å². The van der Waals surface area contributed by atoms with E-state index in [1.807, 2.05) is 42.5 Å². The van der Waals surface area contributed by atoms with E-state index in [1.165, 1.54) is 12.5 Å². The predicted octanol–water partition coefficient (Wildman–Crippen LogP) is 3.06. The first-order chi connectivity index (χ1) is 14.5. The van der Waals surface area contributed by atoms with E-state index >= 15 is 0 Å². The molecule has 156 valence electrons. The lowest BCUT2D eigenvalue weighted by atomic mass is 10.00. The fourth-order valence-electron chi connectivity index (χ4n) is 3.10. The molecule has 0 bridgehead atoms. The number of nitrogens with one attached hydrogen (secondary N) is 2. The molecule has 0 saturated carbocycles. The zero-order chi connectivity index (χ0) is 21.3. The number of hydrogen-bond acceptors (Lipinski definition) is 4. The molecule has 0 aromatic heterocycles. The molecular formula is C23H25N3O4. The summed E-state index contributed by atoms with van der Waals surface area (Å²) in [5, 5.41) is 5.12. The minimum absolute atomic E-state index is 0.257. The minimum Gasteiger partial charge on any atom is -0.454 e. The van der Waals surface area contributed by atoms with Crippen LogP contribution in [0.1, 0.15) is 18.9 Å². The number of nitrogens with zero attached hydrogens (tertiary/aromatic N) is 1. The second-order valence-electron chi connectivity index (χ2n) is 6.98. The molecule has 1 atom stereocenters. The molecule has 0 spiro atoms. The van der Waals surface area contributed by atoms with E-state index in [4.69, 9.17) is 4.74 Å². The van der Waals surface area contributed by atoms with Crippen molar-refractivity contribution in [2.24, 2.45) is 0 Å². The van der Waals surface area contributed by atoms with Crippen LogP contribution in [0.25, 0.3) is 5.57 Å².